The summed E-state index contributed by atoms with van der Waals surface area (Å²) in [6.07, 6.45) is 0. The predicted molar refractivity (Wildman–Crippen MR) is 32.0 cm³/mol. The molecule has 0 amide bonds. The zero-order valence-electron chi connectivity index (χ0n) is 4.02. The SMILES string of the molecule is NP(N)(=O)P(N)(N)=O. The lowest BCUT2D eigenvalue weighted by atomic mass is 13.9. The van der Waals surface area contributed by atoms with Crippen molar-refractivity contribution in [2.75, 3.05) is 0 Å². The molecule has 0 rings (SSSR count). The highest BCUT2D eigenvalue weighted by Crippen LogP contribution is 2.60. The van der Waals surface area contributed by atoms with Crippen LogP contribution in [0.3, 0.4) is 0 Å². The van der Waals surface area contributed by atoms with Gasteiger partial charge in [0, 0.05) is 0 Å². The van der Waals surface area contributed by atoms with Gasteiger partial charge >= 0.3 is 0 Å². The van der Waals surface area contributed by atoms with Crippen molar-refractivity contribution >= 4 is 14.3 Å². The van der Waals surface area contributed by atoms with Crippen LogP contribution < -0.4 is 22.0 Å². The lowest BCUT2D eigenvalue weighted by molar-refractivity contribution is 0.566. The first-order chi connectivity index (χ1) is 3.25. The van der Waals surface area contributed by atoms with E-state index >= 15 is 0 Å². The summed E-state index contributed by atoms with van der Waals surface area (Å²) in [6.45, 7) is 0. The molecule has 0 aliphatic rings. The number of hydrogen-bond donors (Lipinski definition) is 4. The summed E-state index contributed by atoms with van der Waals surface area (Å²) in [5.41, 5.74) is 18.5. The molecule has 6 nitrogen and oxygen atoms in total. The van der Waals surface area contributed by atoms with Crippen LogP contribution in [0.25, 0.3) is 0 Å². The highest BCUT2D eigenvalue weighted by Gasteiger charge is 2.28. The molecule has 0 aliphatic heterocycles. The third-order valence-corrected chi connectivity index (χ3v) is 4.40. The van der Waals surface area contributed by atoms with E-state index in [-0.39, 0.29) is 0 Å². The van der Waals surface area contributed by atoms with Crippen molar-refractivity contribution in [1.29, 1.82) is 0 Å². The molecule has 0 saturated carbocycles. The Balaban J connectivity index is 4.53. The van der Waals surface area contributed by atoms with Crippen LogP contribution >= 0.6 is 14.3 Å². The zero-order valence-corrected chi connectivity index (χ0v) is 5.81. The van der Waals surface area contributed by atoms with Crippen LogP contribution in [0.15, 0.2) is 0 Å². The fraction of sp³-hybridized carbons (Fsp3) is 0. The Hall–Kier alpha value is 0.300. The van der Waals surface area contributed by atoms with Crippen molar-refractivity contribution in [2.24, 2.45) is 22.0 Å². The fourth-order valence-electron chi connectivity index (χ4n) is 0. The van der Waals surface area contributed by atoms with Crippen LogP contribution in [-0.2, 0) is 9.13 Å². The van der Waals surface area contributed by atoms with Crippen LogP contribution in [0.5, 0.6) is 0 Å². The van der Waals surface area contributed by atoms with Gasteiger partial charge in [-0.25, -0.2) is 0 Å². The number of rotatable bonds is 1. The molecule has 0 atom stereocenters. The Labute approximate surface area is 46.4 Å². The van der Waals surface area contributed by atoms with Crippen molar-refractivity contribution in [3.63, 3.8) is 0 Å². The van der Waals surface area contributed by atoms with Gasteiger partial charge in [0.05, 0.1) is 0 Å². The highest BCUT2D eigenvalue weighted by atomic mass is 32.1. The van der Waals surface area contributed by atoms with Gasteiger partial charge in [-0.05, 0) is 0 Å². The standard InChI is InChI=1S/H8N4O2P2/c1-7(2,5)8(3,4)6/h(H4,1,2,5)(H4,3,4,6). The normalized spacial score (nSPS) is 14.0. The molecule has 8 heavy (non-hydrogen) atoms. The number of hydrogen-bond acceptors (Lipinski definition) is 2. The molecule has 8 heteroatoms. The Bertz CT molecular complexity index is 141. The molecule has 0 spiro atoms. The smallest absolute Gasteiger partial charge is 0.279 e. The molecular weight excluding hydrogens is 150 g/mol. The van der Waals surface area contributed by atoms with Gasteiger partial charge in [-0.2, -0.15) is 0 Å². The van der Waals surface area contributed by atoms with Gasteiger partial charge in [-0.1, -0.05) is 0 Å². The molecule has 8 N–H and O–H groups in total. The van der Waals surface area contributed by atoms with E-state index in [2.05, 4.69) is 22.0 Å². The molecule has 0 bridgehead atoms. The third kappa shape index (κ3) is 2.05. The second-order valence-corrected chi connectivity index (χ2v) is 7.79. The molecule has 0 heterocycles. The molecule has 50 valence electrons. The maximum Gasteiger partial charge on any atom is 0.290 e. The summed E-state index contributed by atoms with van der Waals surface area (Å²) in [5, 5.41) is 0. The van der Waals surface area contributed by atoms with Gasteiger partial charge in [0.25, 0.3) is 14.3 Å². The van der Waals surface area contributed by atoms with E-state index < -0.39 is 14.3 Å². The molecule has 0 aromatic rings. The van der Waals surface area contributed by atoms with Gasteiger partial charge in [0.15, 0.2) is 0 Å². The molecule has 0 aromatic heterocycles. The first kappa shape index (κ1) is 8.30. The predicted octanol–water partition coefficient (Wildman–Crippen LogP) is -0.878. The van der Waals surface area contributed by atoms with Gasteiger partial charge in [-0.3, -0.25) is 31.1 Å². The van der Waals surface area contributed by atoms with Crippen LogP contribution in [0.4, 0.5) is 0 Å². The fourth-order valence-corrected chi connectivity index (χ4v) is 0. The summed E-state index contributed by atoms with van der Waals surface area (Å²) in [6, 6.07) is 0. The summed E-state index contributed by atoms with van der Waals surface area (Å²) in [4.78, 5) is 0. The average molecular weight is 158 g/mol. The maximum absolute atomic E-state index is 10.3. The first-order valence-electron chi connectivity index (χ1n) is 1.60. The third-order valence-electron chi connectivity index (χ3n) is 0.489. The molecular formula is H8N4O2P2. The van der Waals surface area contributed by atoms with Crippen molar-refractivity contribution in [3.05, 3.63) is 0 Å². The Morgan fingerprint density at radius 2 is 0.875 bits per heavy atom. The molecule has 0 saturated heterocycles. The van der Waals surface area contributed by atoms with Crippen LogP contribution in [0, 0.1) is 0 Å². The minimum absolute atomic E-state index is 3.74. The van der Waals surface area contributed by atoms with E-state index in [0.717, 1.165) is 0 Å². The second kappa shape index (κ2) is 1.92. The van der Waals surface area contributed by atoms with E-state index in [4.69, 9.17) is 0 Å². The minimum atomic E-state index is -3.74. The molecule has 0 unspecified atom stereocenters. The van der Waals surface area contributed by atoms with Crippen molar-refractivity contribution in [1.82, 2.24) is 0 Å². The zero-order chi connectivity index (χ0) is 7.00. The van der Waals surface area contributed by atoms with Gasteiger partial charge in [-0.15, -0.1) is 0 Å². The van der Waals surface area contributed by atoms with E-state index in [1.54, 1.807) is 0 Å². The van der Waals surface area contributed by atoms with Crippen molar-refractivity contribution < 1.29 is 9.13 Å². The van der Waals surface area contributed by atoms with Crippen LogP contribution in [-0.4, -0.2) is 0 Å². The first-order valence-corrected chi connectivity index (χ1v) is 5.99. The lowest BCUT2D eigenvalue weighted by Gasteiger charge is -2.08. The Morgan fingerprint density at radius 3 is 0.875 bits per heavy atom. The van der Waals surface area contributed by atoms with E-state index in [1.165, 1.54) is 0 Å². The van der Waals surface area contributed by atoms with Gasteiger partial charge in [0.1, 0.15) is 0 Å². The Morgan fingerprint density at radius 1 is 0.750 bits per heavy atom. The van der Waals surface area contributed by atoms with Crippen LogP contribution in [0.1, 0.15) is 0 Å². The topological polar surface area (TPSA) is 138 Å². The quantitative estimate of drug-likeness (QED) is 0.365. The van der Waals surface area contributed by atoms with Crippen molar-refractivity contribution in [3.8, 4) is 0 Å². The summed E-state index contributed by atoms with van der Waals surface area (Å²) in [7, 11) is -7.48. The van der Waals surface area contributed by atoms with E-state index in [1.807, 2.05) is 0 Å². The summed E-state index contributed by atoms with van der Waals surface area (Å²) in [5.74, 6) is 0. The second-order valence-electron chi connectivity index (χ2n) is 1.34. The average Bonchev–Trinajstić information content (AvgIpc) is 1.25. The van der Waals surface area contributed by atoms with Gasteiger partial charge in [0.2, 0.25) is 0 Å². The summed E-state index contributed by atoms with van der Waals surface area (Å²) < 4.78 is 20.6. The Kier molecular flexibility index (Phi) is 1.99. The molecule has 0 aliphatic carbocycles. The van der Waals surface area contributed by atoms with E-state index in [9.17, 15) is 9.13 Å². The highest BCUT2D eigenvalue weighted by molar-refractivity contribution is 8.32. The van der Waals surface area contributed by atoms with Gasteiger partial charge < -0.3 is 0 Å². The minimum Gasteiger partial charge on any atom is -0.279 e. The molecule has 0 fully saturated rings. The maximum atomic E-state index is 10.3. The van der Waals surface area contributed by atoms with E-state index in [0.29, 0.717) is 0 Å². The number of nitrogens with two attached hydrogens (primary N) is 4. The lowest BCUT2D eigenvalue weighted by Crippen LogP contribution is -2.15. The van der Waals surface area contributed by atoms with Crippen molar-refractivity contribution in [2.45, 2.75) is 0 Å². The largest absolute Gasteiger partial charge is 0.290 e. The summed E-state index contributed by atoms with van der Waals surface area (Å²) >= 11 is 0. The monoisotopic (exact) mass is 158 g/mol. The molecule has 0 aromatic carbocycles. The van der Waals surface area contributed by atoms with Crippen LogP contribution in [0.2, 0.25) is 0 Å². The molecule has 0 radical (unpaired) electrons.